The van der Waals surface area contributed by atoms with Crippen molar-refractivity contribution >= 4 is 11.8 Å². The van der Waals surface area contributed by atoms with Gasteiger partial charge in [0, 0.05) is 7.05 Å². The number of fused-ring (bicyclic) bond motifs is 1. The molecule has 1 aliphatic rings. The van der Waals surface area contributed by atoms with Crippen molar-refractivity contribution in [2.75, 3.05) is 0 Å². The Morgan fingerprint density at radius 1 is 1.08 bits per heavy atom. The number of imide groups is 1. The molecule has 2 rings (SSSR count). The van der Waals surface area contributed by atoms with Crippen LogP contribution in [0.1, 0.15) is 22.1 Å². The fraction of sp³-hybridized carbons (Fsp3) is 0. The summed E-state index contributed by atoms with van der Waals surface area (Å²) < 4.78 is 0. The first-order valence-electron chi connectivity index (χ1n) is 3.50. The molecule has 0 fully saturated rings. The van der Waals surface area contributed by atoms with Gasteiger partial charge in [0.1, 0.15) is 0 Å². The van der Waals surface area contributed by atoms with Crippen molar-refractivity contribution in [1.29, 1.82) is 0 Å². The molecule has 12 heavy (non-hydrogen) atoms. The summed E-state index contributed by atoms with van der Waals surface area (Å²) in [5, 5.41) is 0. The summed E-state index contributed by atoms with van der Waals surface area (Å²) in [5.74, 6) is -0.647. The van der Waals surface area contributed by atoms with Crippen LogP contribution in [0.3, 0.4) is 0 Å². The van der Waals surface area contributed by atoms with Crippen molar-refractivity contribution in [2.45, 2.75) is 0 Å². The normalized spacial score (nSPS) is 15.2. The molecule has 1 heterocycles. The van der Waals surface area contributed by atoms with Crippen molar-refractivity contribution in [3.05, 3.63) is 42.4 Å². The Kier molecular flexibility index (Phi) is 1.27. The largest absolute Gasteiger partial charge is 1.00 e. The molecule has 0 saturated carbocycles. The molecule has 0 aromatic heterocycles. The summed E-state index contributed by atoms with van der Waals surface area (Å²) in [6.45, 7) is 0. The maximum Gasteiger partial charge on any atom is 1.00 e. The highest BCUT2D eigenvalue weighted by atomic mass is 16.2. The van der Waals surface area contributed by atoms with E-state index in [9.17, 15) is 9.59 Å². The lowest BCUT2D eigenvalue weighted by Crippen LogP contribution is -2.21. The van der Waals surface area contributed by atoms with Crippen molar-refractivity contribution in [2.24, 2.45) is 0 Å². The van der Waals surface area contributed by atoms with Gasteiger partial charge in [-0.2, -0.15) is 0 Å². The number of amides is 2. The minimum Gasteiger partial charge on any atom is -0.273 e. The monoisotopic (exact) mass is 161 g/mol. The third-order valence-corrected chi connectivity index (χ3v) is 1.88. The highest BCUT2D eigenvalue weighted by Crippen LogP contribution is 2.20. The molecule has 3 nitrogen and oxygen atoms in total. The maximum absolute atomic E-state index is 11.2. The average molecular weight is 161 g/mol. The fourth-order valence-corrected chi connectivity index (χ4v) is 1.24. The highest BCUT2D eigenvalue weighted by Gasteiger charge is 2.31. The van der Waals surface area contributed by atoms with Gasteiger partial charge in [-0.05, 0) is 12.1 Å². The Balaban J connectivity index is 0.000000845. The second kappa shape index (κ2) is 2.17. The highest BCUT2D eigenvalue weighted by molar-refractivity contribution is 6.21. The zero-order valence-electron chi connectivity index (χ0n) is 7.28. The van der Waals surface area contributed by atoms with Gasteiger partial charge < -0.3 is 0 Å². The molecule has 1 aromatic rings. The van der Waals surface area contributed by atoms with Gasteiger partial charge in [0.15, 0.2) is 0 Å². The Bertz CT molecular complexity index is 341. The van der Waals surface area contributed by atoms with Gasteiger partial charge in [-0.25, -0.2) is 0 Å². The van der Waals surface area contributed by atoms with Crippen molar-refractivity contribution in [3.8, 4) is 0 Å². The lowest BCUT2D eigenvalue weighted by molar-refractivity contribution is 0.0717. The molecule has 0 spiro atoms. The summed E-state index contributed by atoms with van der Waals surface area (Å²) in [6.07, 6.45) is 0. The number of hydrogen-bond donors (Lipinski definition) is 0. The molecule has 0 saturated heterocycles. The number of nitrogens with zero attached hydrogens (tertiary/aromatic N) is 1. The lowest BCUT2D eigenvalue weighted by atomic mass is 10.1. The Hall–Kier alpha value is -1.64. The summed E-state index contributed by atoms with van der Waals surface area (Å²) in [4.78, 5) is 23.4. The van der Waals surface area contributed by atoms with Gasteiger partial charge in [0.25, 0.3) is 11.8 Å². The summed E-state index contributed by atoms with van der Waals surface area (Å²) in [6, 6.07) is 6.70. The predicted octanol–water partition coefficient (Wildman–Crippen LogP) is 1.19. The number of carbonyl (C=O) groups excluding carboxylic acids is 2. The quantitative estimate of drug-likeness (QED) is 0.536. The number of rotatable bonds is 0. The zero-order chi connectivity index (χ0) is 8.72. The minimum absolute atomic E-state index is 0. The predicted molar refractivity (Wildman–Crippen MR) is 43.4 cm³/mol. The molecule has 2 amide bonds. The minimum atomic E-state index is -0.324. The fourth-order valence-electron chi connectivity index (χ4n) is 1.24. The second-order valence-electron chi connectivity index (χ2n) is 2.58. The first-order valence-corrected chi connectivity index (χ1v) is 3.50. The maximum atomic E-state index is 11.2. The van der Waals surface area contributed by atoms with E-state index in [1.165, 1.54) is 0 Å². The van der Waals surface area contributed by atoms with Crippen LogP contribution in [0.4, 0.5) is 0 Å². The van der Waals surface area contributed by atoms with Crippen LogP contribution in [-0.4, -0.2) is 16.7 Å². The first kappa shape index (κ1) is 7.03. The molecule has 0 bridgehead atoms. The van der Waals surface area contributed by atoms with E-state index in [2.05, 4.69) is 7.05 Å². The van der Waals surface area contributed by atoms with Crippen LogP contribution in [0.5, 0.6) is 0 Å². The lowest BCUT2D eigenvalue weighted by Gasteiger charge is -2.01. The standard InChI is InChI=1S/C9H6NO2/c1-10-8(11)6-4-2-3-5-7(6)9(10)12/h2-5H,1H2/p+1. The molecule has 3 heteroatoms. The van der Waals surface area contributed by atoms with Gasteiger partial charge in [-0.3, -0.25) is 14.5 Å². The van der Waals surface area contributed by atoms with E-state index in [0.29, 0.717) is 11.1 Å². The molecular weight excluding hydrogens is 154 g/mol. The van der Waals surface area contributed by atoms with Crippen LogP contribution in [0, 0.1) is 7.05 Å². The van der Waals surface area contributed by atoms with Gasteiger partial charge in [-0.1, -0.05) is 12.1 Å². The molecule has 59 valence electrons. The van der Waals surface area contributed by atoms with Crippen LogP contribution in [0.25, 0.3) is 0 Å². The number of benzene rings is 1. The average Bonchev–Trinajstić information content (AvgIpc) is 2.33. The summed E-state index contributed by atoms with van der Waals surface area (Å²) in [5.41, 5.74) is 0.884. The Morgan fingerprint density at radius 3 is 1.92 bits per heavy atom. The third-order valence-electron chi connectivity index (χ3n) is 1.88. The van der Waals surface area contributed by atoms with Crippen LogP contribution in [0.2, 0.25) is 0 Å². The van der Waals surface area contributed by atoms with E-state index in [4.69, 9.17) is 0 Å². The van der Waals surface area contributed by atoms with Gasteiger partial charge >= 0.3 is 1.43 Å². The van der Waals surface area contributed by atoms with Crippen LogP contribution in [-0.2, 0) is 0 Å². The van der Waals surface area contributed by atoms with Crippen LogP contribution < -0.4 is 0 Å². The Labute approximate surface area is 71.1 Å². The SMILES string of the molecule is [CH2]N1C(=O)c2ccccc2C1=O.[H+]. The topological polar surface area (TPSA) is 37.4 Å². The summed E-state index contributed by atoms with van der Waals surface area (Å²) in [7, 11) is 3.35. The van der Waals surface area contributed by atoms with Gasteiger partial charge in [0.05, 0.1) is 11.1 Å². The van der Waals surface area contributed by atoms with Crippen molar-refractivity contribution in [3.63, 3.8) is 0 Å². The van der Waals surface area contributed by atoms with Crippen LogP contribution >= 0.6 is 0 Å². The molecule has 0 aliphatic carbocycles. The van der Waals surface area contributed by atoms with Gasteiger partial charge in [-0.15, -0.1) is 0 Å². The van der Waals surface area contributed by atoms with E-state index in [1.807, 2.05) is 0 Å². The first-order chi connectivity index (χ1) is 5.72. The molecular formula is C9H7NO2+. The number of hydrogen-bond acceptors (Lipinski definition) is 2. The van der Waals surface area contributed by atoms with E-state index in [0.717, 1.165) is 4.90 Å². The van der Waals surface area contributed by atoms with Gasteiger partial charge in [0.2, 0.25) is 0 Å². The van der Waals surface area contributed by atoms with E-state index in [-0.39, 0.29) is 13.2 Å². The molecule has 1 radical (unpaired) electrons. The molecule has 0 atom stereocenters. The smallest absolute Gasteiger partial charge is 0.273 e. The molecule has 0 N–H and O–H groups in total. The number of carbonyl (C=O) groups is 2. The van der Waals surface area contributed by atoms with E-state index < -0.39 is 0 Å². The van der Waals surface area contributed by atoms with Crippen molar-refractivity contribution < 1.29 is 11.0 Å². The summed E-state index contributed by atoms with van der Waals surface area (Å²) >= 11 is 0. The molecule has 1 aliphatic heterocycles. The molecule has 1 aromatic carbocycles. The van der Waals surface area contributed by atoms with E-state index >= 15 is 0 Å². The molecule has 0 unspecified atom stereocenters. The van der Waals surface area contributed by atoms with Crippen molar-refractivity contribution in [1.82, 2.24) is 4.90 Å². The van der Waals surface area contributed by atoms with E-state index in [1.54, 1.807) is 24.3 Å². The third kappa shape index (κ3) is 0.704. The van der Waals surface area contributed by atoms with Crippen LogP contribution in [0.15, 0.2) is 24.3 Å². The zero-order valence-corrected chi connectivity index (χ0v) is 6.28. The second-order valence-corrected chi connectivity index (χ2v) is 2.58. The Morgan fingerprint density at radius 2 is 1.50 bits per heavy atom.